The van der Waals surface area contributed by atoms with Gasteiger partial charge < -0.3 is 37.0 Å². The number of aliphatic hydroxyl groups is 1. The third kappa shape index (κ3) is 14.3. The molecule has 198 valence electrons. The van der Waals surface area contributed by atoms with Crippen molar-refractivity contribution >= 4 is 35.9 Å². The fourth-order valence-electron chi connectivity index (χ4n) is 3.00. The smallest absolute Gasteiger partial charge is 0.243 e. The van der Waals surface area contributed by atoms with E-state index in [4.69, 9.17) is 5.11 Å². The molecule has 0 bridgehead atoms. The molecule has 1 aromatic rings. The van der Waals surface area contributed by atoms with Gasteiger partial charge in [-0.25, -0.2) is 0 Å². The first-order valence-corrected chi connectivity index (χ1v) is 11.5. The van der Waals surface area contributed by atoms with Crippen molar-refractivity contribution in [3.05, 3.63) is 35.9 Å². The molecule has 0 saturated carbocycles. The van der Waals surface area contributed by atoms with Crippen molar-refractivity contribution in [3.8, 4) is 0 Å². The molecule has 0 aliphatic heterocycles. The largest absolute Gasteiger partial charge is 0.376 e. The van der Waals surface area contributed by atoms with Crippen LogP contribution in [0, 0.1) is 0 Å². The Labute approximate surface area is 209 Å². The molecule has 0 aliphatic carbocycles. The van der Waals surface area contributed by atoms with Crippen LogP contribution in [0.5, 0.6) is 0 Å². The van der Waals surface area contributed by atoms with Crippen LogP contribution in [-0.2, 0) is 35.2 Å². The molecule has 36 heavy (non-hydrogen) atoms. The summed E-state index contributed by atoms with van der Waals surface area (Å²) in [6.07, 6.45) is 3.12. The second-order valence-electron chi connectivity index (χ2n) is 7.72. The Bertz CT molecular complexity index is 866. The van der Waals surface area contributed by atoms with Crippen LogP contribution in [0.25, 0.3) is 0 Å². The summed E-state index contributed by atoms with van der Waals surface area (Å²) >= 11 is 0. The predicted octanol–water partition coefficient (Wildman–Crippen LogP) is -2.57. The summed E-state index contributed by atoms with van der Waals surface area (Å²) in [4.78, 5) is 70.3. The van der Waals surface area contributed by atoms with Gasteiger partial charge in [0.2, 0.25) is 35.9 Å². The average Bonchev–Trinajstić information content (AvgIpc) is 2.87. The lowest BCUT2D eigenvalue weighted by Gasteiger charge is -2.19. The Morgan fingerprint density at radius 2 is 1.42 bits per heavy atom. The maximum Gasteiger partial charge on any atom is 0.243 e. The van der Waals surface area contributed by atoms with Crippen LogP contribution >= 0.6 is 0 Å². The van der Waals surface area contributed by atoms with Crippen LogP contribution in [0.2, 0.25) is 0 Å². The second-order valence-corrected chi connectivity index (χ2v) is 7.72. The maximum absolute atomic E-state index is 12.5. The van der Waals surface area contributed by atoms with Crippen molar-refractivity contribution in [1.82, 2.24) is 31.9 Å². The van der Waals surface area contributed by atoms with Crippen LogP contribution in [0.3, 0.4) is 0 Å². The van der Waals surface area contributed by atoms with E-state index in [1.807, 2.05) is 0 Å². The minimum absolute atomic E-state index is 0.148. The number of rotatable bonds is 18. The van der Waals surface area contributed by atoms with E-state index in [1.165, 1.54) is 0 Å². The first-order chi connectivity index (χ1) is 17.3. The van der Waals surface area contributed by atoms with Crippen molar-refractivity contribution in [3.63, 3.8) is 0 Å². The van der Waals surface area contributed by atoms with E-state index in [0.29, 0.717) is 19.4 Å². The predicted molar refractivity (Wildman–Crippen MR) is 129 cm³/mol. The number of hydrogen-bond acceptors (Lipinski definition) is 7. The van der Waals surface area contributed by atoms with Crippen molar-refractivity contribution in [2.75, 3.05) is 32.9 Å². The highest BCUT2D eigenvalue weighted by molar-refractivity contribution is 5.92. The Morgan fingerprint density at radius 3 is 2.11 bits per heavy atom. The zero-order valence-corrected chi connectivity index (χ0v) is 20.0. The Kier molecular flexibility index (Phi) is 15.3. The van der Waals surface area contributed by atoms with Crippen molar-refractivity contribution in [1.29, 1.82) is 0 Å². The summed E-state index contributed by atoms with van der Waals surface area (Å²) in [6, 6.07) is 7.90. The molecule has 0 heterocycles. The highest BCUT2D eigenvalue weighted by Gasteiger charge is 2.22. The summed E-state index contributed by atoms with van der Waals surface area (Å²) in [5.74, 6) is -2.71. The molecule has 0 radical (unpaired) electrons. The summed E-state index contributed by atoms with van der Waals surface area (Å²) in [5.41, 5.74) is 0.768. The van der Waals surface area contributed by atoms with E-state index in [2.05, 4.69) is 31.9 Å². The third-order valence-electron chi connectivity index (χ3n) is 4.83. The zero-order valence-electron chi connectivity index (χ0n) is 20.0. The molecular weight excluding hydrogens is 472 g/mol. The van der Waals surface area contributed by atoms with Crippen molar-refractivity contribution in [2.24, 2.45) is 0 Å². The van der Waals surface area contributed by atoms with Crippen molar-refractivity contribution < 1.29 is 33.9 Å². The average molecular weight is 507 g/mol. The van der Waals surface area contributed by atoms with Gasteiger partial charge in [-0.1, -0.05) is 36.8 Å². The molecule has 0 spiro atoms. The maximum atomic E-state index is 12.5. The lowest BCUT2D eigenvalue weighted by atomic mass is 10.1. The van der Waals surface area contributed by atoms with Crippen LogP contribution in [0.1, 0.15) is 31.2 Å². The van der Waals surface area contributed by atoms with Gasteiger partial charge in [-0.3, -0.25) is 28.8 Å². The van der Waals surface area contributed by atoms with Crippen LogP contribution in [0.4, 0.5) is 0 Å². The van der Waals surface area contributed by atoms with Gasteiger partial charge in [-0.15, -0.1) is 0 Å². The Balaban J connectivity index is 2.44. The standard InChI is InChI=1S/C23H34N6O7/c30-15-24-10-6-2-5-9-19(32)25-12-20(33)26-14-22(35)29-18(11-17-7-3-1-4-8-17)23(36)27-13-21(34)28-16-31/h1,3-4,7-8,15,18,31H,2,5-6,9-14,16H2,(H,24,30)(H,25,32)(H,26,33)(H,27,36)(H,28,34)(H,29,35)/t18-/m0/s1. The molecule has 13 nitrogen and oxygen atoms in total. The van der Waals surface area contributed by atoms with E-state index in [9.17, 15) is 28.8 Å². The number of carbonyl (C=O) groups is 6. The molecule has 1 rings (SSSR count). The highest BCUT2D eigenvalue weighted by atomic mass is 16.3. The fraction of sp³-hybridized carbons (Fsp3) is 0.478. The number of amides is 6. The van der Waals surface area contributed by atoms with Crippen LogP contribution in [0.15, 0.2) is 30.3 Å². The quantitative estimate of drug-likeness (QED) is 0.0646. The Hall–Kier alpha value is -4.00. The monoisotopic (exact) mass is 506 g/mol. The normalized spacial score (nSPS) is 10.9. The summed E-state index contributed by atoms with van der Waals surface area (Å²) in [7, 11) is 0. The molecular formula is C23H34N6O7. The zero-order chi connectivity index (χ0) is 26.6. The fourth-order valence-corrected chi connectivity index (χ4v) is 3.00. The lowest BCUT2D eigenvalue weighted by Crippen LogP contribution is -2.52. The third-order valence-corrected chi connectivity index (χ3v) is 4.83. The van der Waals surface area contributed by atoms with E-state index in [1.54, 1.807) is 30.3 Å². The summed E-state index contributed by atoms with van der Waals surface area (Å²) in [6.45, 7) is -1.12. The van der Waals surface area contributed by atoms with E-state index < -0.39 is 42.9 Å². The number of nitrogens with one attached hydrogen (secondary N) is 6. The lowest BCUT2D eigenvalue weighted by molar-refractivity contribution is -0.131. The molecule has 13 heteroatoms. The summed E-state index contributed by atoms with van der Waals surface area (Å²) < 4.78 is 0. The van der Waals surface area contributed by atoms with E-state index in [0.717, 1.165) is 18.4 Å². The van der Waals surface area contributed by atoms with Gasteiger partial charge in [-0.2, -0.15) is 0 Å². The minimum atomic E-state index is -1.01. The summed E-state index contributed by atoms with van der Waals surface area (Å²) in [5, 5.41) is 23.1. The van der Waals surface area contributed by atoms with Gasteiger partial charge in [0.15, 0.2) is 0 Å². The number of benzene rings is 1. The van der Waals surface area contributed by atoms with Gasteiger partial charge >= 0.3 is 0 Å². The SMILES string of the molecule is O=CNCCCCCC(=O)NCC(=O)NCC(=O)N[C@@H](Cc1ccccc1)C(=O)NCC(=O)NCO. The number of aliphatic hydroxyl groups excluding tert-OH is 1. The van der Waals surface area contributed by atoms with E-state index in [-0.39, 0.29) is 31.8 Å². The van der Waals surface area contributed by atoms with Gasteiger partial charge in [0.05, 0.1) is 19.6 Å². The van der Waals surface area contributed by atoms with Gasteiger partial charge in [0, 0.05) is 19.4 Å². The molecule has 7 N–H and O–H groups in total. The molecule has 1 aromatic carbocycles. The van der Waals surface area contributed by atoms with Gasteiger partial charge in [0.25, 0.3) is 0 Å². The van der Waals surface area contributed by atoms with E-state index >= 15 is 0 Å². The number of carbonyl (C=O) groups excluding carboxylic acids is 6. The van der Waals surface area contributed by atoms with Crippen LogP contribution < -0.4 is 31.9 Å². The number of hydrogen-bond donors (Lipinski definition) is 7. The first kappa shape index (κ1) is 30.0. The first-order valence-electron chi connectivity index (χ1n) is 11.5. The Morgan fingerprint density at radius 1 is 0.778 bits per heavy atom. The van der Waals surface area contributed by atoms with Crippen molar-refractivity contribution in [2.45, 2.75) is 38.1 Å². The second kappa shape index (κ2) is 18.3. The molecule has 0 fully saturated rings. The molecule has 6 amide bonds. The minimum Gasteiger partial charge on any atom is -0.376 e. The molecule has 0 unspecified atom stereocenters. The highest BCUT2D eigenvalue weighted by Crippen LogP contribution is 2.03. The van der Waals surface area contributed by atoms with Gasteiger partial charge in [0.1, 0.15) is 12.8 Å². The molecule has 1 atom stereocenters. The molecule has 0 aliphatic rings. The van der Waals surface area contributed by atoms with Crippen LogP contribution in [-0.4, -0.2) is 80.0 Å². The van der Waals surface area contributed by atoms with Gasteiger partial charge in [-0.05, 0) is 18.4 Å². The number of unbranched alkanes of at least 4 members (excludes halogenated alkanes) is 2. The topological polar surface area (TPSA) is 195 Å². The molecule has 0 saturated heterocycles. The molecule has 0 aromatic heterocycles.